The minimum absolute atomic E-state index is 0. The standard InChI is InChI=1S/C17H27F3N6O2.HI/c1-21-16(26-8-4-13(11-26)12-28-10-9-27-2)24-7-6-23-15-22-5-3-14(25-15)17(18,19)20;/h3,5,13H,4,6-12H2,1-2H3,(H,21,24)(H,22,23,25);1H. The zero-order valence-electron chi connectivity index (χ0n) is 16.5. The number of guanidine groups is 1. The highest BCUT2D eigenvalue weighted by molar-refractivity contribution is 14.0. The van der Waals surface area contributed by atoms with E-state index >= 15 is 0 Å². The molecule has 1 aliphatic rings. The van der Waals surface area contributed by atoms with Gasteiger partial charge in [-0.1, -0.05) is 0 Å². The average Bonchev–Trinajstić information content (AvgIpc) is 3.13. The number of likely N-dealkylation sites (tertiary alicyclic amines) is 1. The van der Waals surface area contributed by atoms with Crippen molar-refractivity contribution in [1.29, 1.82) is 0 Å². The summed E-state index contributed by atoms with van der Waals surface area (Å²) in [7, 11) is 3.35. The molecule has 166 valence electrons. The zero-order chi connectivity index (χ0) is 20.4. The fraction of sp³-hybridized carbons (Fsp3) is 0.706. The molecule has 2 N–H and O–H groups in total. The number of aliphatic imine (C=N–C) groups is 1. The van der Waals surface area contributed by atoms with Gasteiger partial charge >= 0.3 is 6.18 Å². The molecule has 2 rings (SSSR count). The van der Waals surface area contributed by atoms with Crippen molar-refractivity contribution in [2.75, 3.05) is 65.5 Å². The summed E-state index contributed by atoms with van der Waals surface area (Å²) in [5.74, 6) is 1.14. The maximum Gasteiger partial charge on any atom is 0.433 e. The highest BCUT2D eigenvalue weighted by Crippen LogP contribution is 2.27. The summed E-state index contributed by atoms with van der Waals surface area (Å²) in [6.07, 6.45) is -2.38. The van der Waals surface area contributed by atoms with Gasteiger partial charge in [0, 0.05) is 52.5 Å². The van der Waals surface area contributed by atoms with Crippen LogP contribution in [0.25, 0.3) is 0 Å². The molecule has 1 saturated heterocycles. The smallest absolute Gasteiger partial charge is 0.382 e. The van der Waals surface area contributed by atoms with Crippen molar-refractivity contribution in [3.05, 3.63) is 18.0 Å². The van der Waals surface area contributed by atoms with Gasteiger partial charge in [0.2, 0.25) is 5.95 Å². The SMILES string of the molecule is CN=C(NCCNc1nccc(C(F)(F)F)n1)N1CCC(COCCOC)C1.I. The number of ether oxygens (including phenoxy) is 2. The Morgan fingerprint density at radius 3 is 2.83 bits per heavy atom. The number of rotatable bonds is 9. The molecule has 12 heteroatoms. The molecule has 29 heavy (non-hydrogen) atoms. The lowest BCUT2D eigenvalue weighted by Gasteiger charge is -2.22. The van der Waals surface area contributed by atoms with Gasteiger partial charge in [-0.05, 0) is 12.5 Å². The predicted octanol–water partition coefficient (Wildman–Crippen LogP) is 2.09. The van der Waals surface area contributed by atoms with E-state index in [4.69, 9.17) is 9.47 Å². The average molecular weight is 532 g/mol. The second-order valence-electron chi connectivity index (χ2n) is 6.33. The summed E-state index contributed by atoms with van der Waals surface area (Å²) >= 11 is 0. The molecular weight excluding hydrogens is 504 g/mol. The number of hydrogen-bond donors (Lipinski definition) is 2. The third kappa shape index (κ3) is 8.86. The topological polar surface area (TPSA) is 83.9 Å². The molecule has 1 atom stereocenters. The molecule has 1 aromatic heterocycles. The van der Waals surface area contributed by atoms with Crippen LogP contribution in [0.2, 0.25) is 0 Å². The summed E-state index contributed by atoms with van der Waals surface area (Å²) in [6.45, 7) is 4.41. The minimum Gasteiger partial charge on any atom is -0.382 e. The number of methoxy groups -OCH3 is 1. The van der Waals surface area contributed by atoms with Crippen LogP contribution in [0.5, 0.6) is 0 Å². The molecule has 0 bridgehead atoms. The number of aromatic nitrogens is 2. The zero-order valence-corrected chi connectivity index (χ0v) is 18.9. The van der Waals surface area contributed by atoms with Crippen LogP contribution in [0.15, 0.2) is 17.3 Å². The molecule has 0 saturated carbocycles. The van der Waals surface area contributed by atoms with Gasteiger partial charge in [0.05, 0.1) is 19.8 Å². The van der Waals surface area contributed by atoms with E-state index in [0.29, 0.717) is 38.8 Å². The second kappa shape index (κ2) is 13.0. The molecular formula is C17H28F3IN6O2. The van der Waals surface area contributed by atoms with Crippen molar-refractivity contribution in [3.63, 3.8) is 0 Å². The molecule has 2 heterocycles. The molecule has 1 fully saturated rings. The van der Waals surface area contributed by atoms with E-state index in [9.17, 15) is 13.2 Å². The largest absolute Gasteiger partial charge is 0.433 e. The van der Waals surface area contributed by atoms with Crippen molar-refractivity contribution in [3.8, 4) is 0 Å². The number of hydrogen-bond acceptors (Lipinski definition) is 6. The molecule has 1 unspecified atom stereocenters. The third-order valence-electron chi connectivity index (χ3n) is 4.22. The molecule has 1 aromatic rings. The van der Waals surface area contributed by atoms with Crippen LogP contribution >= 0.6 is 24.0 Å². The first-order chi connectivity index (χ1) is 13.4. The molecule has 0 aliphatic carbocycles. The van der Waals surface area contributed by atoms with Gasteiger partial charge in [0.15, 0.2) is 5.96 Å². The number of alkyl halides is 3. The quantitative estimate of drug-likeness (QED) is 0.218. The molecule has 0 spiro atoms. The maximum atomic E-state index is 12.7. The van der Waals surface area contributed by atoms with Crippen LogP contribution in [-0.2, 0) is 15.7 Å². The molecule has 8 nitrogen and oxygen atoms in total. The van der Waals surface area contributed by atoms with E-state index in [0.717, 1.165) is 37.7 Å². The monoisotopic (exact) mass is 532 g/mol. The lowest BCUT2D eigenvalue weighted by Crippen LogP contribution is -2.42. The Morgan fingerprint density at radius 2 is 2.14 bits per heavy atom. The molecule has 0 amide bonds. The summed E-state index contributed by atoms with van der Waals surface area (Å²) in [6, 6.07) is 0.841. The minimum atomic E-state index is -4.49. The number of nitrogens with zero attached hydrogens (tertiary/aromatic N) is 4. The van der Waals surface area contributed by atoms with Gasteiger partial charge in [-0.15, -0.1) is 24.0 Å². The molecule has 1 aliphatic heterocycles. The van der Waals surface area contributed by atoms with Crippen LogP contribution in [0.1, 0.15) is 12.1 Å². The number of anilines is 1. The van der Waals surface area contributed by atoms with E-state index in [1.807, 2.05) is 0 Å². The van der Waals surface area contributed by atoms with E-state index in [1.165, 1.54) is 0 Å². The number of nitrogens with one attached hydrogen (secondary N) is 2. The third-order valence-corrected chi connectivity index (χ3v) is 4.22. The van der Waals surface area contributed by atoms with E-state index in [1.54, 1.807) is 14.2 Å². The summed E-state index contributed by atoms with van der Waals surface area (Å²) < 4.78 is 48.5. The molecule has 0 radical (unpaired) electrons. The van der Waals surface area contributed by atoms with Crippen molar-refractivity contribution in [2.24, 2.45) is 10.9 Å². The van der Waals surface area contributed by atoms with Crippen molar-refractivity contribution >= 4 is 35.9 Å². The Labute approximate surface area is 185 Å². The van der Waals surface area contributed by atoms with E-state index in [-0.39, 0.29) is 29.9 Å². The van der Waals surface area contributed by atoms with Crippen molar-refractivity contribution < 1.29 is 22.6 Å². The Kier molecular flexibility index (Phi) is 11.5. The summed E-state index contributed by atoms with van der Waals surface area (Å²) in [5.41, 5.74) is -0.968. The first-order valence-electron chi connectivity index (χ1n) is 9.10. The fourth-order valence-electron chi connectivity index (χ4n) is 2.84. The van der Waals surface area contributed by atoms with Crippen molar-refractivity contribution in [1.82, 2.24) is 20.2 Å². The van der Waals surface area contributed by atoms with Gasteiger partial charge in [-0.25, -0.2) is 9.97 Å². The van der Waals surface area contributed by atoms with Crippen LogP contribution in [0.4, 0.5) is 19.1 Å². The Hall–Kier alpha value is -1.41. The summed E-state index contributed by atoms with van der Waals surface area (Å²) in [4.78, 5) is 13.7. The van der Waals surface area contributed by atoms with Gasteiger partial charge in [-0.2, -0.15) is 13.2 Å². The maximum absolute atomic E-state index is 12.7. The lowest BCUT2D eigenvalue weighted by molar-refractivity contribution is -0.141. The van der Waals surface area contributed by atoms with Crippen LogP contribution < -0.4 is 10.6 Å². The first kappa shape index (κ1) is 25.6. The van der Waals surface area contributed by atoms with Gasteiger partial charge in [0.1, 0.15) is 5.69 Å². The van der Waals surface area contributed by atoms with Gasteiger partial charge in [0.25, 0.3) is 0 Å². The summed E-state index contributed by atoms with van der Waals surface area (Å²) in [5, 5.41) is 5.98. The highest BCUT2D eigenvalue weighted by atomic mass is 127. The second-order valence-corrected chi connectivity index (χ2v) is 6.33. The normalized spacial score (nSPS) is 17.2. The number of halogens is 4. The first-order valence-corrected chi connectivity index (χ1v) is 9.10. The Balaban J connectivity index is 0.00000420. The van der Waals surface area contributed by atoms with Crippen LogP contribution in [0.3, 0.4) is 0 Å². The Bertz CT molecular complexity index is 635. The van der Waals surface area contributed by atoms with Crippen LogP contribution in [-0.4, -0.2) is 81.0 Å². The van der Waals surface area contributed by atoms with E-state index in [2.05, 4.69) is 30.5 Å². The van der Waals surface area contributed by atoms with Crippen molar-refractivity contribution in [2.45, 2.75) is 12.6 Å². The predicted molar refractivity (Wildman–Crippen MR) is 115 cm³/mol. The van der Waals surface area contributed by atoms with Gasteiger partial charge in [-0.3, -0.25) is 4.99 Å². The molecule has 0 aromatic carbocycles. The van der Waals surface area contributed by atoms with E-state index < -0.39 is 11.9 Å². The highest BCUT2D eigenvalue weighted by Gasteiger charge is 2.32. The fourth-order valence-corrected chi connectivity index (χ4v) is 2.84. The van der Waals surface area contributed by atoms with Gasteiger partial charge < -0.3 is 25.0 Å². The van der Waals surface area contributed by atoms with Crippen LogP contribution in [0, 0.1) is 5.92 Å². The Morgan fingerprint density at radius 1 is 1.34 bits per heavy atom. The lowest BCUT2D eigenvalue weighted by atomic mass is 10.1.